The van der Waals surface area contributed by atoms with Crippen LogP contribution in [-0.4, -0.2) is 47.2 Å². The second kappa shape index (κ2) is 8.85. The maximum Gasteiger partial charge on any atom is 0.243 e. The number of piperidine rings is 1. The summed E-state index contributed by atoms with van der Waals surface area (Å²) in [4.78, 5) is 12.6. The van der Waals surface area contributed by atoms with Gasteiger partial charge in [0, 0.05) is 18.3 Å². The van der Waals surface area contributed by atoms with Crippen molar-refractivity contribution in [3.8, 4) is 0 Å². The van der Waals surface area contributed by atoms with E-state index in [1.165, 1.54) is 27.8 Å². The summed E-state index contributed by atoms with van der Waals surface area (Å²) in [7, 11) is -3.77. The van der Waals surface area contributed by atoms with Crippen molar-refractivity contribution in [3.05, 3.63) is 30.1 Å². The monoisotopic (exact) mass is 444 g/mol. The van der Waals surface area contributed by atoms with Gasteiger partial charge in [-0.2, -0.15) is 4.31 Å². The van der Waals surface area contributed by atoms with Crippen LogP contribution in [-0.2, 0) is 14.8 Å². The molecule has 1 N–H and O–H groups in total. The molecular weight excluding hydrogens is 423 g/mol. The summed E-state index contributed by atoms with van der Waals surface area (Å²) in [6.45, 7) is 4.50. The Morgan fingerprint density at radius 3 is 2.71 bits per heavy atom. The molecule has 28 heavy (non-hydrogen) atoms. The van der Waals surface area contributed by atoms with Gasteiger partial charge in [-0.05, 0) is 37.1 Å². The minimum Gasteiger partial charge on any atom is -0.300 e. The van der Waals surface area contributed by atoms with Gasteiger partial charge in [-0.25, -0.2) is 12.8 Å². The smallest absolute Gasteiger partial charge is 0.243 e. The average Bonchev–Trinajstić information content (AvgIpc) is 3.08. The maximum atomic E-state index is 13.1. The summed E-state index contributed by atoms with van der Waals surface area (Å²) in [5, 5.41) is 11.5. The van der Waals surface area contributed by atoms with Gasteiger partial charge in [-0.3, -0.25) is 4.79 Å². The number of anilines is 1. The molecule has 1 aromatic heterocycles. The number of thioether (sulfide) groups is 1. The molecule has 7 nitrogen and oxygen atoms in total. The lowest BCUT2D eigenvalue weighted by atomic mass is 9.99. The summed E-state index contributed by atoms with van der Waals surface area (Å²) in [5.41, 5.74) is 0. The minimum absolute atomic E-state index is 0.0226. The molecule has 1 aliphatic heterocycles. The summed E-state index contributed by atoms with van der Waals surface area (Å²) in [5.74, 6) is -1.24. The summed E-state index contributed by atoms with van der Waals surface area (Å²) < 4.78 is 40.7. The first-order valence-corrected chi connectivity index (χ1v) is 12.0. The molecule has 1 amide bonds. The molecule has 1 saturated heterocycles. The van der Waals surface area contributed by atoms with E-state index in [2.05, 4.69) is 15.5 Å². The Hall–Kier alpha value is -1.56. The van der Waals surface area contributed by atoms with Gasteiger partial charge in [-0.15, -0.1) is 10.2 Å². The fourth-order valence-electron chi connectivity index (χ4n) is 2.85. The number of hydrogen-bond donors (Lipinski definition) is 1. The third-order valence-electron chi connectivity index (χ3n) is 4.18. The number of nitrogens with zero attached hydrogens (tertiary/aromatic N) is 3. The fraction of sp³-hybridized carbons (Fsp3) is 0.471. The molecule has 1 fully saturated rings. The molecule has 1 atom stereocenters. The summed E-state index contributed by atoms with van der Waals surface area (Å²) in [6.07, 6.45) is 1.16. The Balaban J connectivity index is 1.66. The Bertz CT molecular complexity index is 931. The summed E-state index contributed by atoms with van der Waals surface area (Å²) >= 11 is 2.86. The zero-order valence-electron chi connectivity index (χ0n) is 15.5. The van der Waals surface area contributed by atoms with E-state index in [0.29, 0.717) is 29.8 Å². The summed E-state index contributed by atoms with van der Waals surface area (Å²) in [6, 6.07) is 4.71. The predicted molar refractivity (Wildman–Crippen MR) is 107 cm³/mol. The third-order valence-corrected chi connectivity index (χ3v) is 7.99. The molecule has 1 unspecified atom stereocenters. The second-order valence-corrected chi connectivity index (χ2v) is 11.4. The number of benzene rings is 1. The Morgan fingerprint density at radius 1 is 1.32 bits per heavy atom. The van der Waals surface area contributed by atoms with Crippen molar-refractivity contribution >= 4 is 44.2 Å². The second-order valence-electron chi connectivity index (χ2n) is 6.69. The molecule has 152 valence electrons. The van der Waals surface area contributed by atoms with Crippen LogP contribution < -0.4 is 5.32 Å². The van der Waals surface area contributed by atoms with Crippen LogP contribution in [0.3, 0.4) is 0 Å². The van der Waals surface area contributed by atoms with Gasteiger partial charge in [0.2, 0.25) is 21.1 Å². The van der Waals surface area contributed by atoms with E-state index in [1.54, 1.807) is 11.8 Å². The standard InChI is InChI=1S/C17H21FN4O3S3/c1-11(2)26-17-21-20-16(27-17)19-15(23)12-4-3-9-22(10-12)28(24,25)14-7-5-13(18)6-8-14/h5-8,11-12H,3-4,9-10H2,1-2H3,(H,19,20,23). The first-order valence-electron chi connectivity index (χ1n) is 8.82. The van der Waals surface area contributed by atoms with E-state index < -0.39 is 21.8 Å². The number of halogens is 1. The van der Waals surface area contributed by atoms with Gasteiger partial charge < -0.3 is 5.32 Å². The van der Waals surface area contributed by atoms with Crippen molar-refractivity contribution < 1.29 is 17.6 Å². The van der Waals surface area contributed by atoms with E-state index in [1.807, 2.05) is 13.8 Å². The van der Waals surface area contributed by atoms with Crippen LogP contribution in [0.5, 0.6) is 0 Å². The number of hydrogen-bond acceptors (Lipinski definition) is 7. The van der Waals surface area contributed by atoms with Crippen LogP contribution in [0.25, 0.3) is 0 Å². The fourth-order valence-corrected chi connectivity index (χ4v) is 6.35. The highest BCUT2D eigenvalue weighted by atomic mass is 32.2. The van der Waals surface area contributed by atoms with Gasteiger partial charge >= 0.3 is 0 Å². The molecule has 3 rings (SSSR count). The van der Waals surface area contributed by atoms with Crippen LogP contribution in [0.1, 0.15) is 26.7 Å². The molecule has 1 aliphatic rings. The molecule has 0 saturated carbocycles. The van der Waals surface area contributed by atoms with Crippen LogP contribution >= 0.6 is 23.1 Å². The topological polar surface area (TPSA) is 92.3 Å². The number of aromatic nitrogens is 2. The Labute approximate surface area is 171 Å². The van der Waals surface area contributed by atoms with Crippen molar-refractivity contribution in [2.45, 2.75) is 41.2 Å². The molecule has 2 heterocycles. The van der Waals surface area contributed by atoms with Gasteiger partial charge in [0.15, 0.2) is 4.34 Å². The first-order chi connectivity index (χ1) is 13.3. The number of rotatable bonds is 6. The number of sulfonamides is 1. The zero-order chi connectivity index (χ0) is 20.3. The van der Waals surface area contributed by atoms with E-state index in [9.17, 15) is 17.6 Å². The van der Waals surface area contributed by atoms with Gasteiger partial charge in [-0.1, -0.05) is 36.9 Å². The lowest BCUT2D eigenvalue weighted by Gasteiger charge is -2.31. The van der Waals surface area contributed by atoms with E-state index in [0.717, 1.165) is 16.5 Å². The Morgan fingerprint density at radius 2 is 2.04 bits per heavy atom. The minimum atomic E-state index is -3.77. The molecule has 0 bridgehead atoms. The van der Waals surface area contributed by atoms with Crippen molar-refractivity contribution in [2.75, 3.05) is 18.4 Å². The van der Waals surface area contributed by atoms with Crippen LogP contribution in [0.15, 0.2) is 33.5 Å². The number of amides is 1. The first kappa shape index (κ1) is 21.2. The van der Waals surface area contributed by atoms with Gasteiger partial charge in [0.05, 0.1) is 10.8 Å². The quantitative estimate of drug-likeness (QED) is 0.543. The molecule has 2 aromatic rings. The zero-order valence-corrected chi connectivity index (χ0v) is 17.9. The molecule has 0 aliphatic carbocycles. The normalized spacial score (nSPS) is 18.4. The average molecular weight is 445 g/mol. The van der Waals surface area contributed by atoms with Crippen LogP contribution in [0.4, 0.5) is 9.52 Å². The van der Waals surface area contributed by atoms with Gasteiger partial charge in [0.25, 0.3) is 0 Å². The lowest BCUT2D eigenvalue weighted by molar-refractivity contribution is -0.120. The number of nitrogens with one attached hydrogen (secondary N) is 1. The maximum absolute atomic E-state index is 13.1. The molecule has 11 heteroatoms. The predicted octanol–water partition coefficient (Wildman–Crippen LogP) is 3.22. The molecular formula is C17H21FN4O3S3. The van der Waals surface area contributed by atoms with Gasteiger partial charge in [0.1, 0.15) is 5.82 Å². The van der Waals surface area contributed by atoms with Crippen molar-refractivity contribution in [1.82, 2.24) is 14.5 Å². The highest BCUT2D eigenvalue weighted by Gasteiger charge is 2.33. The lowest BCUT2D eigenvalue weighted by Crippen LogP contribution is -2.43. The third kappa shape index (κ3) is 5.07. The van der Waals surface area contributed by atoms with E-state index >= 15 is 0 Å². The van der Waals surface area contributed by atoms with E-state index in [-0.39, 0.29) is 17.3 Å². The van der Waals surface area contributed by atoms with Crippen molar-refractivity contribution in [1.29, 1.82) is 0 Å². The molecule has 0 spiro atoms. The van der Waals surface area contributed by atoms with Crippen molar-refractivity contribution in [2.24, 2.45) is 5.92 Å². The Kier molecular flexibility index (Phi) is 6.69. The molecule has 1 aromatic carbocycles. The highest BCUT2D eigenvalue weighted by molar-refractivity contribution is 8.01. The van der Waals surface area contributed by atoms with Crippen molar-refractivity contribution in [3.63, 3.8) is 0 Å². The number of carbonyl (C=O) groups excluding carboxylic acids is 1. The highest BCUT2D eigenvalue weighted by Crippen LogP contribution is 2.30. The SMILES string of the molecule is CC(C)Sc1nnc(NC(=O)C2CCCN(S(=O)(=O)c3ccc(F)cc3)C2)s1. The van der Waals surface area contributed by atoms with Crippen LogP contribution in [0.2, 0.25) is 0 Å². The van der Waals surface area contributed by atoms with Crippen LogP contribution in [0, 0.1) is 11.7 Å². The largest absolute Gasteiger partial charge is 0.300 e. The molecule has 0 radical (unpaired) electrons. The number of carbonyl (C=O) groups is 1. The van der Waals surface area contributed by atoms with E-state index in [4.69, 9.17) is 0 Å².